The largest absolute Gasteiger partial charge is 0.448 e. The normalized spacial score (nSPS) is 12.1. The van der Waals surface area contributed by atoms with Crippen LogP contribution in [0.2, 0.25) is 0 Å². The molecule has 1 N–H and O–H groups in total. The molecule has 1 atom stereocenters. The SMILES string of the molecule is CC(OC(=O)c1csc(-c2ncccn2)n1)C(=O)Nc1ccc([N+](=O)[O-])cc1C(F)(F)F. The molecule has 32 heavy (non-hydrogen) atoms. The molecule has 2 aromatic heterocycles. The number of nitro groups is 1. The van der Waals surface area contributed by atoms with Crippen LogP contribution >= 0.6 is 11.3 Å². The maximum absolute atomic E-state index is 13.2. The average molecular weight is 467 g/mol. The van der Waals surface area contributed by atoms with Gasteiger partial charge in [0.25, 0.3) is 11.6 Å². The van der Waals surface area contributed by atoms with Crippen molar-refractivity contribution >= 4 is 34.6 Å². The van der Waals surface area contributed by atoms with Crippen molar-refractivity contribution in [3.05, 3.63) is 63.4 Å². The molecule has 3 aromatic rings. The average Bonchev–Trinajstić information content (AvgIpc) is 3.24. The summed E-state index contributed by atoms with van der Waals surface area (Å²) >= 11 is 1.06. The second-order valence-electron chi connectivity index (χ2n) is 6.13. The Morgan fingerprint density at radius 3 is 2.56 bits per heavy atom. The number of nitrogens with zero attached hydrogens (tertiary/aromatic N) is 4. The number of rotatable bonds is 6. The van der Waals surface area contributed by atoms with Crippen LogP contribution in [0.1, 0.15) is 23.0 Å². The number of carbonyl (C=O) groups excluding carboxylic acids is 2. The van der Waals surface area contributed by atoms with E-state index in [4.69, 9.17) is 4.74 Å². The Hall–Kier alpha value is -3.94. The predicted octanol–water partition coefficient (Wildman–Crippen LogP) is 3.71. The van der Waals surface area contributed by atoms with Crippen LogP contribution in [-0.2, 0) is 15.7 Å². The van der Waals surface area contributed by atoms with Crippen molar-refractivity contribution in [1.82, 2.24) is 15.0 Å². The zero-order valence-corrected chi connectivity index (χ0v) is 16.8. The molecule has 0 aliphatic carbocycles. The molecule has 0 radical (unpaired) electrons. The minimum atomic E-state index is -4.97. The topological polar surface area (TPSA) is 137 Å². The summed E-state index contributed by atoms with van der Waals surface area (Å²) in [6.07, 6.45) is -3.48. The predicted molar refractivity (Wildman–Crippen MR) is 105 cm³/mol. The first-order valence-electron chi connectivity index (χ1n) is 8.66. The fourth-order valence-electron chi connectivity index (χ4n) is 2.38. The minimum absolute atomic E-state index is 0.136. The highest BCUT2D eigenvalue weighted by Crippen LogP contribution is 2.37. The van der Waals surface area contributed by atoms with Crippen LogP contribution in [0.25, 0.3) is 10.8 Å². The van der Waals surface area contributed by atoms with Crippen molar-refractivity contribution in [2.75, 3.05) is 5.32 Å². The first-order chi connectivity index (χ1) is 15.1. The molecule has 166 valence electrons. The van der Waals surface area contributed by atoms with Crippen molar-refractivity contribution in [2.24, 2.45) is 0 Å². The first kappa shape index (κ1) is 22.7. The second kappa shape index (κ2) is 9.05. The summed E-state index contributed by atoms with van der Waals surface area (Å²) in [5, 5.41) is 14.4. The second-order valence-corrected chi connectivity index (χ2v) is 6.99. The van der Waals surface area contributed by atoms with Crippen LogP contribution in [0.15, 0.2) is 42.0 Å². The molecule has 0 aliphatic rings. The van der Waals surface area contributed by atoms with Crippen LogP contribution in [0.4, 0.5) is 24.5 Å². The molecule has 0 spiro atoms. The number of anilines is 1. The van der Waals surface area contributed by atoms with Gasteiger partial charge >= 0.3 is 12.1 Å². The Labute approximate surface area is 181 Å². The molecule has 1 unspecified atom stereocenters. The number of carbonyl (C=O) groups is 2. The number of nitrogens with one attached hydrogen (secondary N) is 1. The Bertz CT molecular complexity index is 1170. The highest BCUT2D eigenvalue weighted by Gasteiger charge is 2.36. The Morgan fingerprint density at radius 1 is 1.25 bits per heavy atom. The molecule has 1 amide bonds. The number of hydrogen-bond donors (Lipinski definition) is 1. The van der Waals surface area contributed by atoms with Crippen LogP contribution in [0.5, 0.6) is 0 Å². The van der Waals surface area contributed by atoms with Gasteiger partial charge in [-0.25, -0.2) is 19.7 Å². The molecular weight excluding hydrogens is 455 g/mol. The summed E-state index contributed by atoms with van der Waals surface area (Å²) in [4.78, 5) is 46.3. The molecule has 0 saturated carbocycles. The van der Waals surface area contributed by atoms with E-state index in [9.17, 15) is 32.9 Å². The molecule has 14 heteroatoms. The smallest absolute Gasteiger partial charge is 0.418 e. The van der Waals surface area contributed by atoms with Gasteiger partial charge < -0.3 is 10.1 Å². The van der Waals surface area contributed by atoms with Gasteiger partial charge in [-0.2, -0.15) is 13.2 Å². The van der Waals surface area contributed by atoms with E-state index in [0.717, 1.165) is 30.4 Å². The van der Waals surface area contributed by atoms with E-state index < -0.39 is 46.0 Å². The van der Waals surface area contributed by atoms with Gasteiger partial charge in [-0.3, -0.25) is 14.9 Å². The fourth-order valence-corrected chi connectivity index (χ4v) is 3.11. The highest BCUT2D eigenvalue weighted by molar-refractivity contribution is 7.13. The van der Waals surface area contributed by atoms with E-state index in [1.165, 1.54) is 17.8 Å². The lowest BCUT2D eigenvalue weighted by molar-refractivity contribution is -0.385. The minimum Gasteiger partial charge on any atom is -0.448 e. The Kier molecular flexibility index (Phi) is 6.43. The number of nitro benzene ring substituents is 1. The van der Waals surface area contributed by atoms with E-state index >= 15 is 0 Å². The van der Waals surface area contributed by atoms with Crippen LogP contribution in [0.3, 0.4) is 0 Å². The lowest BCUT2D eigenvalue weighted by atomic mass is 10.1. The number of ether oxygens (including phenoxy) is 1. The number of halogens is 3. The lowest BCUT2D eigenvalue weighted by Gasteiger charge is -2.16. The van der Waals surface area contributed by atoms with Crippen molar-refractivity contribution in [3.8, 4) is 10.8 Å². The first-order valence-corrected chi connectivity index (χ1v) is 9.54. The van der Waals surface area contributed by atoms with Crippen molar-refractivity contribution in [1.29, 1.82) is 0 Å². The Balaban J connectivity index is 1.71. The van der Waals surface area contributed by atoms with E-state index in [0.29, 0.717) is 11.1 Å². The van der Waals surface area contributed by atoms with Crippen LogP contribution < -0.4 is 5.32 Å². The third kappa shape index (κ3) is 5.21. The molecule has 10 nitrogen and oxygen atoms in total. The number of esters is 1. The monoisotopic (exact) mass is 467 g/mol. The molecule has 1 aromatic carbocycles. The van der Waals surface area contributed by atoms with E-state index in [2.05, 4.69) is 15.0 Å². The zero-order chi connectivity index (χ0) is 23.5. The lowest BCUT2D eigenvalue weighted by Crippen LogP contribution is -2.31. The molecule has 0 fully saturated rings. The summed E-state index contributed by atoms with van der Waals surface area (Å²) in [5.41, 5.74) is -3.06. The molecule has 3 rings (SSSR count). The summed E-state index contributed by atoms with van der Waals surface area (Å²) in [6.45, 7) is 1.15. The summed E-state index contributed by atoms with van der Waals surface area (Å²) in [7, 11) is 0. The number of benzene rings is 1. The summed E-state index contributed by atoms with van der Waals surface area (Å²) in [6, 6.07) is 3.46. The molecular formula is C18H12F3N5O5S. The van der Waals surface area contributed by atoms with Crippen molar-refractivity contribution in [3.63, 3.8) is 0 Å². The number of alkyl halides is 3. The zero-order valence-electron chi connectivity index (χ0n) is 16.0. The maximum atomic E-state index is 13.2. The quantitative estimate of drug-likeness (QED) is 0.329. The molecule has 2 heterocycles. The standard InChI is InChI=1S/C18H12F3N5O5S/c1-9(31-17(28)13-8-32-16(25-13)14-22-5-2-6-23-14)15(27)24-12-4-3-10(26(29)30)7-11(12)18(19,20)21/h2-9H,1H3,(H,24,27). The van der Waals surface area contributed by atoms with Crippen molar-refractivity contribution in [2.45, 2.75) is 19.2 Å². The van der Waals surface area contributed by atoms with Crippen LogP contribution in [0, 0.1) is 10.1 Å². The van der Waals surface area contributed by atoms with E-state index in [-0.39, 0.29) is 11.5 Å². The van der Waals surface area contributed by atoms with E-state index in [1.807, 2.05) is 5.32 Å². The molecule has 0 saturated heterocycles. The number of hydrogen-bond acceptors (Lipinski definition) is 9. The number of amides is 1. The third-order valence-corrected chi connectivity index (χ3v) is 4.74. The van der Waals surface area contributed by atoms with Gasteiger partial charge in [-0.15, -0.1) is 11.3 Å². The van der Waals surface area contributed by atoms with Gasteiger partial charge in [0.05, 0.1) is 16.2 Å². The maximum Gasteiger partial charge on any atom is 0.418 e. The highest BCUT2D eigenvalue weighted by atomic mass is 32.1. The van der Waals surface area contributed by atoms with E-state index in [1.54, 1.807) is 6.07 Å². The van der Waals surface area contributed by atoms with Gasteiger partial charge in [0, 0.05) is 29.9 Å². The number of non-ortho nitro benzene ring substituents is 1. The molecule has 0 aliphatic heterocycles. The van der Waals surface area contributed by atoms with Gasteiger partial charge in [-0.1, -0.05) is 0 Å². The fraction of sp³-hybridized carbons (Fsp3) is 0.167. The Morgan fingerprint density at radius 2 is 1.94 bits per heavy atom. The van der Waals surface area contributed by atoms with Gasteiger partial charge in [0.15, 0.2) is 22.6 Å². The van der Waals surface area contributed by atoms with Gasteiger partial charge in [-0.05, 0) is 19.1 Å². The summed E-state index contributed by atoms with van der Waals surface area (Å²) in [5.74, 6) is -1.77. The number of thiazole rings is 1. The number of aromatic nitrogens is 3. The third-order valence-electron chi connectivity index (χ3n) is 3.90. The van der Waals surface area contributed by atoms with Gasteiger partial charge in [0.1, 0.15) is 0 Å². The van der Waals surface area contributed by atoms with Gasteiger partial charge in [0.2, 0.25) is 0 Å². The van der Waals surface area contributed by atoms with Crippen molar-refractivity contribution < 1.29 is 32.4 Å². The molecule has 0 bridgehead atoms. The summed E-state index contributed by atoms with van der Waals surface area (Å²) < 4.78 is 44.7. The van der Waals surface area contributed by atoms with Crippen LogP contribution in [-0.4, -0.2) is 37.9 Å².